The van der Waals surface area contributed by atoms with Crippen LogP contribution in [0.15, 0.2) is 36.7 Å². The number of aryl methyl sites for hydroxylation is 2. The Morgan fingerprint density at radius 2 is 2.12 bits per heavy atom. The van der Waals surface area contributed by atoms with Gasteiger partial charge in [0.2, 0.25) is 0 Å². The Labute approximate surface area is 154 Å². The number of aliphatic hydroxyl groups is 1. The number of likely N-dealkylation sites (tertiary alicyclic amines) is 1. The molecule has 2 N–H and O–H groups in total. The van der Waals surface area contributed by atoms with Gasteiger partial charge in [-0.2, -0.15) is 0 Å². The lowest BCUT2D eigenvalue weighted by Crippen LogP contribution is -2.57. The molecule has 0 bridgehead atoms. The lowest BCUT2D eigenvalue weighted by Gasteiger charge is -2.38. The summed E-state index contributed by atoms with van der Waals surface area (Å²) in [6.07, 6.45) is 4.68. The molecule has 3 rings (SSSR count). The summed E-state index contributed by atoms with van der Waals surface area (Å²) in [4.78, 5) is 23.1. The highest BCUT2D eigenvalue weighted by Gasteiger charge is 2.41. The highest BCUT2D eigenvalue weighted by atomic mass is 16.3. The summed E-state index contributed by atoms with van der Waals surface area (Å²) in [5.41, 5.74) is 2.55. The molecular formula is C20H26N4O2. The molecule has 0 radical (unpaired) electrons. The minimum atomic E-state index is -1.36. The van der Waals surface area contributed by atoms with E-state index in [0.29, 0.717) is 26.1 Å². The number of amides is 1. The summed E-state index contributed by atoms with van der Waals surface area (Å²) in [6, 6.07) is 8.13. The third kappa shape index (κ3) is 4.45. The van der Waals surface area contributed by atoms with Crippen LogP contribution in [0.5, 0.6) is 0 Å². The smallest absolute Gasteiger partial charge is 0.256 e. The Bertz CT molecular complexity index is 763. The van der Waals surface area contributed by atoms with Gasteiger partial charge < -0.3 is 15.3 Å². The number of carbonyl (C=O) groups is 1. The Hall–Kier alpha value is -2.31. The molecule has 1 aromatic carbocycles. The Morgan fingerprint density at radius 3 is 2.85 bits per heavy atom. The van der Waals surface area contributed by atoms with Crippen molar-refractivity contribution in [2.75, 3.05) is 13.1 Å². The Kier molecular flexibility index (Phi) is 5.64. The molecule has 1 aliphatic rings. The fraction of sp³-hybridized carbons (Fsp3) is 0.450. The van der Waals surface area contributed by atoms with E-state index < -0.39 is 5.60 Å². The molecule has 0 saturated carbocycles. The van der Waals surface area contributed by atoms with Crippen LogP contribution in [0.3, 0.4) is 0 Å². The topological polar surface area (TPSA) is 78.3 Å². The van der Waals surface area contributed by atoms with Crippen LogP contribution in [0.25, 0.3) is 0 Å². The maximum Gasteiger partial charge on any atom is 0.256 e. The standard InChI is InChI=1S/C20H26N4O2/c1-15-5-3-6-17(9-15)13-24-8-4-7-20(26,19(24)25)14-21-11-18-12-22-16(2)10-23-18/h3,5-6,9-10,12,21,26H,4,7-8,11,13-14H2,1-2H3/t20-/m0/s1. The number of rotatable bonds is 6. The highest BCUT2D eigenvalue weighted by molar-refractivity contribution is 5.86. The van der Waals surface area contributed by atoms with Crippen LogP contribution in [-0.4, -0.2) is 44.6 Å². The first-order valence-corrected chi connectivity index (χ1v) is 9.02. The Morgan fingerprint density at radius 1 is 1.27 bits per heavy atom. The lowest BCUT2D eigenvalue weighted by molar-refractivity contribution is -0.157. The van der Waals surface area contributed by atoms with Crippen molar-refractivity contribution >= 4 is 5.91 Å². The van der Waals surface area contributed by atoms with Gasteiger partial charge >= 0.3 is 0 Å². The van der Waals surface area contributed by atoms with Crippen molar-refractivity contribution in [3.05, 3.63) is 59.2 Å². The van der Waals surface area contributed by atoms with E-state index in [-0.39, 0.29) is 12.5 Å². The minimum absolute atomic E-state index is 0.201. The van der Waals surface area contributed by atoms with E-state index in [1.165, 1.54) is 5.56 Å². The lowest BCUT2D eigenvalue weighted by atomic mass is 9.91. The van der Waals surface area contributed by atoms with Gasteiger partial charge in [0.25, 0.3) is 5.91 Å². The number of piperidine rings is 1. The van der Waals surface area contributed by atoms with E-state index in [1.807, 2.05) is 32.0 Å². The number of nitrogens with one attached hydrogen (secondary N) is 1. The van der Waals surface area contributed by atoms with Gasteiger partial charge in [-0.15, -0.1) is 0 Å². The molecule has 26 heavy (non-hydrogen) atoms. The highest BCUT2D eigenvalue weighted by Crippen LogP contribution is 2.24. The second-order valence-electron chi connectivity index (χ2n) is 7.10. The molecule has 6 heteroatoms. The van der Waals surface area contributed by atoms with Crippen molar-refractivity contribution in [1.29, 1.82) is 0 Å². The van der Waals surface area contributed by atoms with E-state index in [2.05, 4.69) is 21.4 Å². The fourth-order valence-electron chi connectivity index (χ4n) is 3.32. The van der Waals surface area contributed by atoms with E-state index >= 15 is 0 Å². The normalized spacial score (nSPS) is 20.4. The number of nitrogens with zero attached hydrogens (tertiary/aromatic N) is 3. The number of aromatic nitrogens is 2. The van der Waals surface area contributed by atoms with E-state index in [9.17, 15) is 9.90 Å². The molecule has 6 nitrogen and oxygen atoms in total. The first kappa shape index (κ1) is 18.5. The third-order valence-corrected chi connectivity index (χ3v) is 4.72. The van der Waals surface area contributed by atoms with Gasteiger partial charge in [0.1, 0.15) is 0 Å². The molecule has 0 spiro atoms. The monoisotopic (exact) mass is 354 g/mol. The van der Waals surface area contributed by atoms with Gasteiger partial charge in [0, 0.05) is 38.6 Å². The minimum Gasteiger partial charge on any atom is -0.379 e. The average Bonchev–Trinajstić information content (AvgIpc) is 2.61. The second kappa shape index (κ2) is 7.93. The first-order valence-electron chi connectivity index (χ1n) is 9.02. The van der Waals surface area contributed by atoms with Gasteiger partial charge in [-0.25, -0.2) is 0 Å². The van der Waals surface area contributed by atoms with Crippen LogP contribution in [0, 0.1) is 13.8 Å². The van der Waals surface area contributed by atoms with Crippen molar-refractivity contribution in [3.8, 4) is 0 Å². The van der Waals surface area contributed by atoms with Crippen molar-refractivity contribution < 1.29 is 9.90 Å². The third-order valence-electron chi connectivity index (χ3n) is 4.72. The van der Waals surface area contributed by atoms with Crippen LogP contribution in [-0.2, 0) is 17.9 Å². The largest absolute Gasteiger partial charge is 0.379 e. The molecule has 2 heterocycles. The number of carbonyl (C=O) groups excluding carboxylic acids is 1. The first-order chi connectivity index (χ1) is 12.5. The van der Waals surface area contributed by atoms with Crippen molar-refractivity contribution in [2.45, 2.75) is 45.4 Å². The van der Waals surface area contributed by atoms with Crippen LogP contribution in [0.1, 0.15) is 35.4 Å². The SMILES string of the molecule is Cc1cccc(CN2CCC[C@](O)(CNCc3cnc(C)cn3)C2=O)c1. The predicted octanol–water partition coefficient (Wildman–Crippen LogP) is 1.74. The van der Waals surface area contributed by atoms with Crippen LogP contribution in [0.4, 0.5) is 0 Å². The molecular weight excluding hydrogens is 328 g/mol. The molecule has 1 aromatic heterocycles. The molecule has 1 aliphatic heterocycles. The van der Waals surface area contributed by atoms with Gasteiger partial charge in [0.05, 0.1) is 11.4 Å². The average molecular weight is 354 g/mol. The molecule has 0 unspecified atom stereocenters. The summed E-state index contributed by atoms with van der Waals surface area (Å²) in [6.45, 7) is 5.82. The number of hydrogen-bond acceptors (Lipinski definition) is 5. The second-order valence-corrected chi connectivity index (χ2v) is 7.10. The molecule has 138 valence electrons. The van der Waals surface area contributed by atoms with E-state index in [0.717, 1.165) is 23.4 Å². The summed E-state index contributed by atoms with van der Waals surface area (Å²) in [5.74, 6) is -0.201. The van der Waals surface area contributed by atoms with Crippen LogP contribution < -0.4 is 5.32 Å². The van der Waals surface area contributed by atoms with E-state index in [4.69, 9.17) is 0 Å². The summed E-state index contributed by atoms with van der Waals surface area (Å²) >= 11 is 0. The predicted molar refractivity (Wildman–Crippen MR) is 99.3 cm³/mol. The van der Waals surface area contributed by atoms with Gasteiger partial charge in [0.15, 0.2) is 5.60 Å². The molecule has 1 fully saturated rings. The maximum absolute atomic E-state index is 12.8. The zero-order valence-corrected chi connectivity index (χ0v) is 15.4. The van der Waals surface area contributed by atoms with Gasteiger partial charge in [-0.3, -0.25) is 14.8 Å². The summed E-state index contributed by atoms with van der Waals surface area (Å²) < 4.78 is 0. The molecule has 0 aliphatic carbocycles. The summed E-state index contributed by atoms with van der Waals surface area (Å²) in [7, 11) is 0. The van der Waals surface area contributed by atoms with Crippen LogP contribution in [0.2, 0.25) is 0 Å². The quantitative estimate of drug-likeness (QED) is 0.826. The molecule has 1 atom stereocenters. The Balaban J connectivity index is 1.59. The van der Waals surface area contributed by atoms with Crippen molar-refractivity contribution in [3.63, 3.8) is 0 Å². The maximum atomic E-state index is 12.8. The van der Waals surface area contributed by atoms with Crippen LogP contribution >= 0.6 is 0 Å². The summed E-state index contributed by atoms with van der Waals surface area (Å²) in [5, 5.41) is 14.0. The zero-order valence-electron chi connectivity index (χ0n) is 15.4. The zero-order chi connectivity index (χ0) is 18.6. The molecule has 2 aromatic rings. The van der Waals surface area contributed by atoms with Gasteiger partial charge in [-0.1, -0.05) is 29.8 Å². The van der Waals surface area contributed by atoms with Crippen molar-refractivity contribution in [2.24, 2.45) is 0 Å². The van der Waals surface area contributed by atoms with Gasteiger partial charge in [-0.05, 0) is 32.3 Å². The fourth-order valence-corrected chi connectivity index (χ4v) is 3.32. The van der Waals surface area contributed by atoms with E-state index in [1.54, 1.807) is 17.3 Å². The molecule has 1 saturated heterocycles. The van der Waals surface area contributed by atoms with Crippen molar-refractivity contribution in [1.82, 2.24) is 20.2 Å². The number of hydrogen-bond donors (Lipinski definition) is 2. The number of benzene rings is 1. The molecule has 1 amide bonds.